The Kier molecular flexibility index (Phi) is 7.37. The van der Waals surface area contributed by atoms with Gasteiger partial charge in [0, 0.05) is 11.4 Å². The zero-order valence-corrected chi connectivity index (χ0v) is 15.3. The minimum atomic E-state index is -0.877. The van der Waals surface area contributed by atoms with Crippen LogP contribution >= 0.6 is 0 Å². The van der Waals surface area contributed by atoms with Crippen molar-refractivity contribution in [1.82, 2.24) is 5.32 Å². The molecule has 0 aliphatic heterocycles. The molecule has 0 aromatic heterocycles. The number of rotatable bonds is 7. The Balaban J connectivity index is 1.85. The Labute approximate surface area is 158 Å². The first kappa shape index (κ1) is 20.0. The largest absolute Gasteiger partial charge is 0.454 e. The minimum absolute atomic E-state index is 0.212. The zero-order chi connectivity index (χ0) is 19.6. The van der Waals surface area contributed by atoms with Crippen LogP contribution in [0.25, 0.3) is 0 Å². The minimum Gasteiger partial charge on any atom is -0.454 e. The quantitative estimate of drug-likeness (QED) is 0.654. The highest BCUT2D eigenvalue weighted by molar-refractivity contribution is 5.95. The van der Waals surface area contributed by atoms with E-state index >= 15 is 0 Å². The Hall–Kier alpha value is -3.35. The summed E-state index contributed by atoms with van der Waals surface area (Å²) in [5, 5.41) is 7.85. The molecule has 7 heteroatoms. The van der Waals surface area contributed by atoms with Crippen LogP contribution in [-0.4, -0.2) is 30.6 Å². The molecule has 0 fully saturated rings. The molecule has 1 atom stereocenters. The van der Waals surface area contributed by atoms with Gasteiger partial charge in [-0.05, 0) is 30.2 Å². The summed E-state index contributed by atoms with van der Waals surface area (Å²) in [7, 11) is 0. The average molecular weight is 369 g/mol. The number of hydrogen-bond donors (Lipinski definition) is 3. The first-order valence-electron chi connectivity index (χ1n) is 8.60. The monoisotopic (exact) mass is 369 g/mol. The zero-order valence-electron chi connectivity index (χ0n) is 15.3. The van der Waals surface area contributed by atoms with Crippen LogP contribution in [0, 0.1) is 5.92 Å². The number of amides is 3. The van der Waals surface area contributed by atoms with Gasteiger partial charge in [-0.2, -0.15) is 0 Å². The summed E-state index contributed by atoms with van der Waals surface area (Å²) in [5.74, 6) is -1.33. The highest BCUT2D eigenvalue weighted by Gasteiger charge is 2.26. The molecule has 0 aliphatic rings. The van der Waals surface area contributed by atoms with Crippen molar-refractivity contribution in [2.45, 2.75) is 19.9 Å². The van der Waals surface area contributed by atoms with Gasteiger partial charge in [-0.3, -0.25) is 4.79 Å². The lowest BCUT2D eigenvalue weighted by atomic mass is 10.1. The maximum Gasteiger partial charge on any atom is 0.329 e. The number of nitrogens with one attached hydrogen (secondary N) is 3. The van der Waals surface area contributed by atoms with E-state index in [1.807, 2.05) is 12.1 Å². The number of ether oxygens (including phenoxy) is 1. The Morgan fingerprint density at radius 1 is 0.852 bits per heavy atom. The molecule has 0 aliphatic carbocycles. The van der Waals surface area contributed by atoms with E-state index in [0.717, 1.165) is 0 Å². The van der Waals surface area contributed by atoms with Crippen LogP contribution in [0.4, 0.5) is 16.2 Å². The molecule has 0 spiro atoms. The Morgan fingerprint density at radius 3 is 1.89 bits per heavy atom. The van der Waals surface area contributed by atoms with Crippen LogP contribution in [0.3, 0.4) is 0 Å². The van der Waals surface area contributed by atoms with Crippen LogP contribution in [0.5, 0.6) is 0 Å². The third kappa shape index (κ3) is 6.81. The SMILES string of the molecule is CC(C)[C@@H](NC(=O)Nc1ccccc1)C(=O)OCC(=O)Nc1ccccc1. The molecule has 27 heavy (non-hydrogen) atoms. The molecule has 7 nitrogen and oxygen atoms in total. The van der Waals surface area contributed by atoms with Crippen molar-refractivity contribution in [3.63, 3.8) is 0 Å². The van der Waals surface area contributed by atoms with Crippen molar-refractivity contribution in [2.75, 3.05) is 17.2 Å². The van der Waals surface area contributed by atoms with Crippen molar-refractivity contribution in [3.05, 3.63) is 60.7 Å². The van der Waals surface area contributed by atoms with E-state index in [0.29, 0.717) is 11.4 Å². The number of hydrogen-bond acceptors (Lipinski definition) is 4. The summed E-state index contributed by atoms with van der Waals surface area (Å²) in [4.78, 5) is 36.3. The lowest BCUT2D eigenvalue weighted by Crippen LogP contribution is -2.47. The second-order valence-corrected chi connectivity index (χ2v) is 6.21. The first-order chi connectivity index (χ1) is 13.0. The molecule has 0 heterocycles. The molecular formula is C20H23N3O4. The maximum atomic E-state index is 12.3. The van der Waals surface area contributed by atoms with Crippen molar-refractivity contribution in [1.29, 1.82) is 0 Å². The molecule has 2 aromatic rings. The topological polar surface area (TPSA) is 96.5 Å². The van der Waals surface area contributed by atoms with E-state index in [1.54, 1.807) is 62.4 Å². The predicted molar refractivity (Wildman–Crippen MR) is 103 cm³/mol. The highest BCUT2D eigenvalue weighted by atomic mass is 16.5. The lowest BCUT2D eigenvalue weighted by Gasteiger charge is -2.21. The van der Waals surface area contributed by atoms with Crippen LogP contribution in [0.15, 0.2) is 60.7 Å². The van der Waals surface area contributed by atoms with Gasteiger partial charge in [-0.15, -0.1) is 0 Å². The summed E-state index contributed by atoms with van der Waals surface area (Å²) < 4.78 is 5.06. The molecule has 2 rings (SSSR count). The predicted octanol–water partition coefficient (Wildman–Crippen LogP) is 3.01. The average Bonchev–Trinajstić information content (AvgIpc) is 2.65. The number of anilines is 2. The van der Waals surface area contributed by atoms with E-state index in [2.05, 4.69) is 16.0 Å². The normalized spacial score (nSPS) is 11.4. The molecule has 0 radical (unpaired) electrons. The van der Waals surface area contributed by atoms with Gasteiger partial charge in [-0.25, -0.2) is 9.59 Å². The molecule has 0 unspecified atom stereocenters. The van der Waals surface area contributed by atoms with E-state index in [4.69, 9.17) is 4.74 Å². The number of carbonyl (C=O) groups is 3. The van der Waals surface area contributed by atoms with Crippen LogP contribution in [0.1, 0.15) is 13.8 Å². The molecule has 0 saturated heterocycles. The van der Waals surface area contributed by atoms with Crippen LogP contribution in [0.2, 0.25) is 0 Å². The highest BCUT2D eigenvalue weighted by Crippen LogP contribution is 2.08. The second kappa shape index (κ2) is 9.96. The third-order valence-corrected chi connectivity index (χ3v) is 3.64. The fourth-order valence-corrected chi connectivity index (χ4v) is 2.27. The van der Waals surface area contributed by atoms with Gasteiger partial charge in [0.15, 0.2) is 6.61 Å². The molecule has 142 valence electrons. The number of para-hydroxylation sites is 2. The third-order valence-electron chi connectivity index (χ3n) is 3.64. The van der Waals surface area contributed by atoms with E-state index in [9.17, 15) is 14.4 Å². The smallest absolute Gasteiger partial charge is 0.329 e. The Bertz CT molecular complexity index is 763. The van der Waals surface area contributed by atoms with E-state index in [1.165, 1.54) is 0 Å². The summed E-state index contributed by atoms with van der Waals surface area (Å²) >= 11 is 0. The molecule has 2 aromatic carbocycles. The molecule has 3 N–H and O–H groups in total. The summed E-state index contributed by atoms with van der Waals surface area (Å²) in [6, 6.07) is 16.3. The summed E-state index contributed by atoms with van der Waals surface area (Å²) in [5.41, 5.74) is 1.22. The van der Waals surface area contributed by atoms with Gasteiger partial charge in [-0.1, -0.05) is 50.2 Å². The Morgan fingerprint density at radius 2 is 1.37 bits per heavy atom. The van der Waals surface area contributed by atoms with Crippen LogP contribution in [-0.2, 0) is 14.3 Å². The van der Waals surface area contributed by atoms with E-state index < -0.39 is 30.6 Å². The van der Waals surface area contributed by atoms with Gasteiger partial charge in [0.2, 0.25) is 0 Å². The van der Waals surface area contributed by atoms with Crippen molar-refractivity contribution < 1.29 is 19.1 Å². The fraction of sp³-hybridized carbons (Fsp3) is 0.250. The van der Waals surface area contributed by atoms with Gasteiger partial charge in [0.25, 0.3) is 5.91 Å². The van der Waals surface area contributed by atoms with Crippen molar-refractivity contribution >= 4 is 29.3 Å². The number of carbonyl (C=O) groups excluding carboxylic acids is 3. The maximum absolute atomic E-state index is 12.3. The molecule has 0 saturated carbocycles. The molecular weight excluding hydrogens is 346 g/mol. The van der Waals surface area contributed by atoms with Gasteiger partial charge < -0.3 is 20.7 Å². The van der Waals surface area contributed by atoms with Crippen molar-refractivity contribution in [3.8, 4) is 0 Å². The standard InChI is InChI=1S/C20H23N3O4/c1-14(2)18(23-20(26)22-16-11-7-4-8-12-16)19(25)27-13-17(24)21-15-9-5-3-6-10-15/h3-12,14,18H,13H2,1-2H3,(H,21,24)(H2,22,23,26)/t18-/m1/s1. The van der Waals surface area contributed by atoms with E-state index in [-0.39, 0.29) is 5.92 Å². The molecule has 0 bridgehead atoms. The first-order valence-corrected chi connectivity index (χ1v) is 8.60. The van der Waals surface area contributed by atoms with Crippen molar-refractivity contribution in [2.24, 2.45) is 5.92 Å². The number of benzene rings is 2. The van der Waals surface area contributed by atoms with Crippen LogP contribution < -0.4 is 16.0 Å². The van der Waals surface area contributed by atoms with Gasteiger partial charge in [0.05, 0.1) is 0 Å². The summed E-state index contributed by atoms with van der Waals surface area (Å²) in [6.45, 7) is 3.12. The number of esters is 1. The van der Waals surface area contributed by atoms with Gasteiger partial charge >= 0.3 is 12.0 Å². The van der Waals surface area contributed by atoms with Gasteiger partial charge in [0.1, 0.15) is 6.04 Å². The molecule has 3 amide bonds. The fourth-order valence-electron chi connectivity index (χ4n) is 2.27. The summed E-state index contributed by atoms with van der Waals surface area (Å²) in [6.07, 6.45) is 0. The number of urea groups is 1. The lowest BCUT2D eigenvalue weighted by molar-refractivity contribution is -0.150. The second-order valence-electron chi connectivity index (χ2n) is 6.21.